The summed E-state index contributed by atoms with van der Waals surface area (Å²) in [6.45, 7) is 0. The molecule has 0 aliphatic carbocycles. The number of nitrogens with one attached hydrogen (secondary N) is 1. The molecule has 2 N–H and O–H groups in total. The number of hydrogen-bond donors (Lipinski definition) is 2. The average molecular weight is 603 g/mol. The van der Waals surface area contributed by atoms with Crippen LogP contribution in [0, 0.1) is 9.49 Å². The van der Waals surface area contributed by atoms with Gasteiger partial charge in [0.25, 0.3) is 0 Å². The Morgan fingerprint density at radius 1 is 0.811 bits per heavy atom. The maximum atomic E-state index is 12.8. The van der Waals surface area contributed by atoms with Crippen LogP contribution in [-0.4, -0.2) is 20.7 Å². The summed E-state index contributed by atoms with van der Waals surface area (Å²) < 4.78 is 8.12. The summed E-state index contributed by atoms with van der Waals surface area (Å²) in [7, 11) is 0. The van der Waals surface area contributed by atoms with E-state index >= 15 is 0 Å². The maximum absolute atomic E-state index is 12.8. The molecule has 1 atom stereocenters. The fourth-order valence-corrected chi connectivity index (χ4v) is 6.48. The number of rotatable bonds is 10. The number of ketones is 1. The van der Waals surface area contributed by atoms with Crippen LogP contribution in [0.5, 0.6) is 5.75 Å². The van der Waals surface area contributed by atoms with E-state index in [4.69, 9.17) is 4.74 Å². The molecule has 1 aliphatic rings. The van der Waals surface area contributed by atoms with E-state index in [9.17, 15) is 14.7 Å². The van der Waals surface area contributed by atoms with E-state index in [2.05, 4.69) is 11.4 Å². The van der Waals surface area contributed by atoms with E-state index in [0.717, 1.165) is 31.9 Å². The van der Waals surface area contributed by atoms with Crippen LogP contribution in [-0.2, 0) is 11.2 Å². The number of fused-ring (bicyclic) bond motifs is 1. The molecule has 4 aromatic carbocycles. The average Bonchev–Trinajstić information content (AvgIpc) is 3.34. The van der Waals surface area contributed by atoms with Crippen molar-refractivity contribution >= 4 is 42.0 Å². The van der Waals surface area contributed by atoms with Gasteiger partial charge in [-0.1, -0.05) is 78.9 Å². The predicted octanol–water partition coefficient (Wildman–Crippen LogP) is 6.99. The number of para-hydroxylation sites is 1. The van der Waals surface area contributed by atoms with Crippen LogP contribution < -0.4 is 10.1 Å². The predicted molar refractivity (Wildman–Crippen MR) is 155 cm³/mol. The van der Waals surface area contributed by atoms with Crippen molar-refractivity contribution in [3.05, 3.63) is 118 Å². The number of carbonyl (C=O) groups is 2. The molecule has 37 heavy (non-hydrogen) atoms. The number of carboxylic acids is 1. The number of Topliss-reactive ketones (excluding diaryl/α,β-unsaturated/α-hetero) is 1. The van der Waals surface area contributed by atoms with Crippen molar-refractivity contribution in [2.24, 2.45) is 5.92 Å². The van der Waals surface area contributed by atoms with Gasteiger partial charge in [-0.05, 0) is 74.5 Å². The summed E-state index contributed by atoms with van der Waals surface area (Å²) in [6, 6.07) is 33.4. The molecule has 4 aromatic rings. The minimum Gasteiger partial charge on any atom is -0.481 e. The van der Waals surface area contributed by atoms with Crippen LogP contribution in [0.4, 0.5) is 5.69 Å². The first-order valence-electron chi connectivity index (χ1n) is 12.1. The van der Waals surface area contributed by atoms with Gasteiger partial charge in [-0.2, -0.15) is 0 Å². The molecule has 0 saturated heterocycles. The van der Waals surface area contributed by atoms with Crippen molar-refractivity contribution in [3.63, 3.8) is 0 Å². The third-order valence-corrected chi connectivity index (χ3v) is 8.75. The van der Waals surface area contributed by atoms with E-state index in [-0.39, 0.29) is 32.9 Å². The van der Waals surface area contributed by atoms with Gasteiger partial charge < -0.3 is 15.2 Å². The Kier molecular flexibility index (Phi) is 7.75. The lowest BCUT2D eigenvalue weighted by molar-refractivity contribution is -0.141. The van der Waals surface area contributed by atoms with Crippen LogP contribution in [0.15, 0.2) is 103 Å². The fourth-order valence-electron chi connectivity index (χ4n) is 4.21. The third kappa shape index (κ3) is 6.32. The van der Waals surface area contributed by atoms with Crippen LogP contribution in [0.3, 0.4) is 0 Å². The number of benzene rings is 4. The van der Waals surface area contributed by atoms with Crippen LogP contribution in [0.1, 0.15) is 28.8 Å². The minimum absolute atomic E-state index is 0.00469. The second-order valence-electron chi connectivity index (χ2n) is 8.87. The number of aliphatic carboxylic acids is 1. The molecule has 0 fully saturated rings. The summed E-state index contributed by atoms with van der Waals surface area (Å²) in [5, 5.41) is 13.0. The number of hydrogen-bond acceptors (Lipinski definition) is 4. The van der Waals surface area contributed by atoms with Gasteiger partial charge in [0, 0.05) is 17.7 Å². The summed E-state index contributed by atoms with van der Waals surface area (Å²) in [6.07, 6.45) is 1.06. The molecule has 6 heteroatoms. The highest BCUT2D eigenvalue weighted by Gasteiger charge is 2.22. The molecular weight excluding hydrogens is 577 g/mol. The van der Waals surface area contributed by atoms with Crippen molar-refractivity contribution in [3.8, 4) is 16.9 Å². The van der Waals surface area contributed by atoms with Crippen molar-refractivity contribution < 1.29 is 19.4 Å². The smallest absolute Gasteiger partial charge is 0.306 e. The Balaban J connectivity index is 1.18. The van der Waals surface area contributed by atoms with E-state index in [1.54, 1.807) is 12.1 Å². The Bertz CT molecular complexity index is 1430. The highest BCUT2D eigenvalue weighted by molar-refractivity contribution is 14.2. The van der Waals surface area contributed by atoms with Gasteiger partial charge in [-0.15, -0.1) is 0 Å². The molecule has 5 nitrogen and oxygen atoms in total. The number of halogens is 1. The van der Waals surface area contributed by atoms with E-state index in [1.807, 2.05) is 84.9 Å². The summed E-state index contributed by atoms with van der Waals surface area (Å²) in [5.74, 6) is -0.842. The molecule has 186 valence electrons. The van der Waals surface area contributed by atoms with E-state index in [1.165, 1.54) is 3.57 Å². The number of carbonyl (C=O) groups excluding carboxylic acids is 1. The number of ether oxygens (including phenoxy) is 1. The lowest BCUT2D eigenvalue weighted by Gasteiger charge is -2.12. The minimum atomic E-state index is -0.929. The Morgan fingerprint density at radius 2 is 1.46 bits per heavy atom. The largest absolute Gasteiger partial charge is 0.481 e. The first kappa shape index (κ1) is 24.9. The summed E-state index contributed by atoms with van der Waals surface area (Å²) >= 11 is -0.343. The maximum Gasteiger partial charge on any atom is 0.306 e. The third-order valence-electron chi connectivity index (χ3n) is 6.30. The first-order chi connectivity index (χ1) is 18.0. The molecule has 0 bridgehead atoms. The van der Waals surface area contributed by atoms with Crippen molar-refractivity contribution in [2.75, 3.05) is 5.32 Å². The SMILES string of the molecule is O=C(CC(CCc1ccccc1)C(=O)O)c1ccc(-c2ccc(NC3=Ic4ccccc4O3)cc2)cc1. The fraction of sp³-hybridized carbons (Fsp3) is 0.129. The second kappa shape index (κ2) is 11.5. The summed E-state index contributed by atoms with van der Waals surface area (Å²) in [4.78, 5) is 24.6. The zero-order valence-electron chi connectivity index (χ0n) is 20.1. The molecule has 0 spiro atoms. The molecule has 0 amide bonds. The second-order valence-corrected chi connectivity index (χ2v) is 11.5. The standard InChI is InChI=1S/C31H26INO4/c34-28(20-25(30(35)36)11-10-21-6-2-1-3-7-21)24-14-12-22(13-15-24)23-16-18-26(19-17-23)33-31-32-27-8-4-5-9-29(27)37-31/h1-9,12-19,25,33H,10-11,20H2,(H,35,36). The zero-order valence-corrected chi connectivity index (χ0v) is 22.2. The lowest BCUT2D eigenvalue weighted by Crippen LogP contribution is -2.19. The van der Waals surface area contributed by atoms with E-state index < -0.39 is 11.9 Å². The van der Waals surface area contributed by atoms with Gasteiger partial charge in [0.1, 0.15) is 5.75 Å². The van der Waals surface area contributed by atoms with Gasteiger partial charge in [0.2, 0.25) is 3.82 Å². The van der Waals surface area contributed by atoms with E-state index in [0.29, 0.717) is 18.4 Å². The zero-order chi connectivity index (χ0) is 25.6. The normalized spacial score (nSPS) is 12.9. The molecule has 1 unspecified atom stereocenters. The number of aryl methyl sites for hydroxylation is 1. The van der Waals surface area contributed by atoms with Gasteiger partial charge in [0.15, 0.2) is 5.78 Å². The highest BCUT2D eigenvalue weighted by Crippen LogP contribution is 2.32. The molecule has 1 aliphatic heterocycles. The van der Waals surface area contributed by atoms with Crippen molar-refractivity contribution in [1.82, 2.24) is 0 Å². The van der Waals surface area contributed by atoms with Gasteiger partial charge >= 0.3 is 5.97 Å². The first-order valence-corrected chi connectivity index (χ1v) is 14.3. The van der Waals surface area contributed by atoms with Crippen molar-refractivity contribution in [2.45, 2.75) is 19.3 Å². The summed E-state index contributed by atoms with van der Waals surface area (Å²) in [5.41, 5.74) is 4.60. The Morgan fingerprint density at radius 3 is 2.14 bits per heavy atom. The Hall–Kier alpha value is -3.78. The molecule has 0 aromatic heterocycles. The Labute approximate surface area is 225 Å². The van der Waals surface area contributed by atoms with Gasteiger partial charge in [-0.3, -0.25) is 9.59 Å². The van der Waals surface area contributed by atoms with Crippen LogP contribution in [0.25, 0.3) is 11.1 Å². The number of anilines is 1. The van der Waals surface area contributed by atoms with Gasteiger partial charge in [0.05, 0.1) is 9.49 Å². The lowest BCUT2D eigenvalue weighted by atomic mass is 9.92. The monoisotopic (exact) mass is 603 g/mol. The molecule has 5 rings (SSSR count). The molecule has 0 saturated carbocycles. The quantitative estimate of drug-likeness (QED) is 0.151. The van der Waals surface area contributed by atoms with Crippen LogP contribution >= 0.6 is 20.7 Å². The van der Waals surface area contributed by atoms with Crippen molar-refractivity contribution in [1.29, 1.82) is 0 Å². The number of carboxylic acid groups (broad SMARTS) is 1. The van der Waals surface area contributed by atoms with Gasteiger partial charge in [-0.25, -0.2) is 0 Å². The van der Waals surface area contributed by atoms with Crippen LogP contribution in [0.2, 0.25) is 0 Å². The molecular formula is C31H26INO4. The topological polar surface area (TPSA) is 75.6 Å². The molecule has 1 heterocycles. The highest BCUT2D eigenvalue weighted by atomic mass is 127. The molecule has 0 radical (unpaired) electrons.